The van der Waals surface area contributed by atoms with E-state index in [9.17, 15) is 0 Å². The minimum Gasteiger partial charge on any atom is -0.369 e. The average molecular weight is 243 g/mol. The molecule has 18 heavy (non-hydrogen) atoms. The molecule has 2 heterocycles. The van der Waals surface area contributed by atoms with Crippen LogP contribution < -0.4 is 5.73 Å². The Hall–Kier alpha value is -2.37. The number of imidazole rings is 1. The van der Waals surface area contributed by atoms with E-state index < -0.39 is 0 Å². The highest BCUT2D eigenvalue weighted by atomic mass is 16.5. The second-order valence-corrected chi connectivity index (χ2v) is 4.28. The Morgan fingerprint density at radius 2 is 2.11 bits per heavy atom. The summed E-state index contributed by atoms with van der Waals surface area (Å²) in [6, 6.07) is 6.02. The first-order chi connectivity index (χ1) is 8.63. The van der Waals surface area contributed by atoms with Crippen LogP contribution in [0.25, 0.3) is 11.0 Å². The van der Waals surface area contributed by atoms with Gasteiger partial charge in [-0.1, -0.05) is 11.2 Å². The highest BCUT2D eigenvalue weighted by Gasteiger charge is 2.11. The molecule has 2 aromatic heterocycles. The normalized spacial score (nSPS) is 11.2. The van der Waals surface area contributed by atoms with Gasteiger partial charge < -0.3 is 14.8 Å². The largest absolute Gasteiger partial charge is 0.369 e. The molecule has 0 saturated carbocycles. The maximum Gasteiger partial charge on any atom is 0.223 e. The van der Waals surface area contributed by atoms with Crippen LogP contribution in [0.2, 0.25) is 0 Å². The van der Waals surface area contributed by atoms with Crippen molar-refractivity contribution in [2.75, 3.05) is 5.73 Å². The Balaban J connectivity index is 2.10. The predicted molar refractivity (Wildman–Crippen MR) is 67.0 cm³/mol. The SMILES string of the molecule is Cc1ccc2nc(N)n(Cc3noc(C)n3)c2c1. The van der Waals surface area contributed by atoms with Crippen molar-refractivity contribution in [1.29, 1.82) is 0 Å². The summed E-state index contributed by atoms with van der Waals surface area (Å²) in [6.07, 6.45) is 0. The molecule has 0 unspecified atom stereocenters. The molecule has 0 radical (unpaired) electrons. The highest BCUT2D eigenvalue weighted by molar-refractivity contribution is 5.79. The highest BCUT2D eigenvalue weighted by Crippen LogP contribution is 2.20. The molecule has 0 amide bonds. The molecule has 0 saturated heterocycles. The van der Waals surface area contributed by atoms with Crippen molar-refractivity contribution in [3.05, 3.63) is 35.5 Å². The lowest BCUT2D eigenvalue weighted by Crippen LogP contribution is -2.05. The first-order valence-electron chi connectivity index (χ1n) is 5.65. The molecular weight excluding hydrogens is 230 g/mol. The molecule has 0 fully saturated rings. The summed E-state index contributed by atoms with van der Waals surface area (Å²) in [5.74, 6) is 1.60. The molecule has 0 aliphatic carbocycles. The Labute approximate surface area is 103 Å². The van der Waals surface area contributed by atoms with Crippen molar-refractivity contribution < 1.29 is 4.52 Å². The molecule has 92 valence electrons. The number of rotatable bonds is 2. The second kappa shape index (κ2) is 3.83. The summed E-state index contributed by atoms with van der Waals surface area (Å²) < 4.78 is 6.83. The monoisotopic (exact) mass is 243 g/mol. The van der Waals surface area contributed by atoms with E-state index in [0.717, 1.165) is 16.6 Å². The smallest absolute Gasteiger partial charge is 0.223 e. The van der Waals surface area contributed by atoms with Crippen LogP contribution in [0.1, 0.15) is 17.3 Å². The zero-order valence-corrected chi connectivity index (χ0v) is 10.2. The van der Waals surface area contributed by atoms with Crippen LogP contribution in [0, 0.1) is 13.8 Å². The minimum atomic E-state index is 0.457. The predicted octanol–water partition coefficient (Wildman–Crippen LogP) is 1.67. The molecule has 0 spiro atoms. The summed E-state index contributed by atoms with van der Waals surface area (Å²) >= 11 is 0. The van der Waals surface area contributed by atoms with Crippen molar-refractivity contribution in [3.8, 4) is 0 Å². The van der Waals surface area contributed by atoms with E-state index in [1.807, 2.05) is 29.7 Å². The van der Waals surface area contributed by atoms with E-state index in [4.69, 9.17) is 10.3 Å². The fourth-order valence-electron chi connectivity index (χ4n) is 1.96. The van der Waals surface area contributed by atoms with E-state index in [1.54, 1.807) is 6.92 Å². The van der Waals surface area contributed by atoms with Crippen LogP contribution in [-0.2, 0) is 6.54 Å². The molecule has 0 aliphatic heterocycles. The Morgan fingerprint density at radius 1 is 1.28 bits per heavy atom. The second-order valence-electron chi connectivity index (χ2n) is 4.28. The van der Waals surface area contributed by atoms with Crippen molar-refractivity contribution >= 4 is 17.0 Å². The molecule has 6 heteroatoms. The van der Waals surface area contributed by atoms with Gasteiger partial charge in [0.25, 0.3) is 0 Å². The molecule has 6 nitrogen and oxygen atoms in total. The number of benzene rings is 1. The molecule has 2 N–H and O–H groups in total. The lowest BCUT2D eigenvalue weighted by atomic mass is 10.2. The van der Waals surface area contributed by atoms with Gasteiger partial charge in [0.2, 0.25) is 11.8 Å². The molecule has 3 aromatic rings. The van der Waals surface area contributed by atoms with Gasteiger partial charge in [0, 0.05) is 6.92 Å². The maximum atomic E-state index is 5.92. The summed E-state index contributed by atoms with van der Waals surface area (Å²) in [7, 11) is 0. The van der Waals surface area contributed by atoms with Crippen LogP contribution in [0.5, 0.6) is 0 Å². The maximum absolute atomic E-state index is 5.92. The molecule has 1 aromatic carbocycles. The number of nitrogens with zero attached hydrogens (tertiary/aromatic N) is 4. The van der Waals surface area contributed by atoms with E-state index in [1.165, 1.54) is 0 Å². The van der Waals surface area contributed by atoms with E-state index in [2.05, 4.69) is 15.1 Å². The number of aryl methyl sites for hydroxylation is 2. The molecule has 0 bridgehead atoms. The summed E-state index contributed by atoms with van der Waals surface area (Å²) in [6.45, 7) is 4.25. The third-order valence-electron chi connectivity index (χ3n) is 2.80. The van der Waals surface area contributed by atoms with Crippen LogP contribution in [0.15, 0.2) is 22.7 Å². The minimum absolute atomic E-state index is 0.457. The summed E-state index contributed by atoms with van der Waals surface area (Å²) in [5.41, 5.74) is 8.94. The van der Waals surface area contributed by atoms with Gasteiger partial charge >= 0.3 is 0 Å². The Morgan fingerprint density at radius 3 is 2.83 bits per heavy atom. The zero-order chi connectivity index (χ0) is 12.7. The first-order valence-corrected chi connectivity index (χ1v) is 5.65. The quantitative estimate of drug-likeness (QED) is 0.740. The van der Waals surface area contributed by atoms with E-state index >= 15 is 0 Å². The fraction of sp³-hybridized carbons (Fsp3) is 0.250. The third kappa shape index (κ3) is 1.71. The Bertz CT molecular complexity index is 712. The summed E-state index contributed by atoms with van der Waals surface area (Å²) in [4.78, 5) is 8.49. The van der Waals surface area contributed by atoms with Gasteiger partial charge in [-0.25, -0.2) is 4.98 Å². The van der Waals surface area contributed by atoms with Crippen molar-refractivity contribution in [1.82, 2.24) is 19.7 Å². The number of anilines is 1. The van der Waals surface area contributed by atoms with Crippen molar-refractivity contribution in [2.45, 2.75) is 20.4 Å². The van der Waals surface area contributed by atoms with Crippen molar-refractivity contribution in [3.63, 3.8) is 0 Å². The van der Waals surface area contributed by atoms with Gasteiger partial charge in [-0.3, -0.25) is 0 Å². The van der Waals surface area contributed by atoms with Gasteiger partial charge in [-0.05, 0) is 24.6 Å². The van der Waals surface area contributed by atoms with E-state index in [0.29, 0.717) is 24.2 Å². The zero-order valence-electron chi connectivity index (χ0n) is 10.2. The lowest BCUT2D eigenvalue weighted by molar-refractivity contribution is 0.386. The number of fused-ring (bicyclic) bond motifs is 1. The lowest BCUT2D eigenvalue weighted by Gasteiger charge is -2.02. The Kier molecular flexibility index (Phi) is 2.29. The number of hydrogen-bond donors (Lipinski definition) is 1. The van der Waals surface area contributed by atoms with Crippen LogP contribution >= 0.6 is 0 Å². The number of aromatic nitrogens is 4. The van der Waals surface area contributed by atoms with Gasteiger partial charge in [0.1, 0.15) is 0 Å². The van der Waals surface area contributed by atoms with Gasteiger partial charge in [-0.15, -0.1) is 0 Å². The fourth-order valence-corrected chi connectivity index (χ4v) is 1.96. The number of nitrogen functional groups attached to an aromatic ring is 1. The molecule has 0 atom stereocenters. The third-order valence-corrected chi connectivity index (χ3v) is 2.80. The van der Waals surface area contributed by atoms with Crippen LogP contribution in [0.3, 0.4) is 0 Å². The summed E-state index contributed by atoms with van der Waals surface area (Å²) in [5, 5.41) is 3.87. The molecule has 3 rings (SSSR count). The van der Waals surface area contributed by atoms with E-state index in [-0.39, 0.29) is 0 Å². The topological polar surface area (TPSA) is 82.8 Å². The number of nitrogens with two attached hydrogens (primary N) is 1. The molecule has 0 aliphatic rings. The average Bonchev–Trinajstić information content (AvgIpc) is 2.86. The standard InChI is InChI=1S/C12H13N5O/c1-7-3-4-9-10(5-7)17(12(13)15-9)6-11-14-8(2)18-16-11/h3-5H,6H2,1-2H3,(H2,13,15). The van der Waals surface area contributed by atoms with Crippen molar-refractivity contribution in [2.24, 2.45) is 0 Å². The van der Waals surface area contributed by atoms with Gasteiger partial charge in [0.15, 0.2) is 5.82 Å². The number of hydrogen-bond acceptors (Lipinski definition) is 5. The van der Waals surface area contributed by atoms with Gasteiger partial charge in [0.05, 0.1) is 17.6 Å². The first kappa shape index (κ1) is 10.8. The van der Waals surface area contributed by atoms with Gasteiger partial charge in [-0.2, -0.15) is 4.98 Å². The van der Waals surface area contributed by atoms with Crippen LogP contribution in [-0.4, -0.2) is 19.7 Å². The van der Waals surface area contributed by atoms with Crippen LogP contribution in [0.4, 0.5) is 5.95 Å². The molecular formula is C12H13N5O.